The van der Waals surface area contributed by atoms with E-state index in [0.29, 0.717) is 12.5 Å². The van der Waals surface area contributed by atoms with Crippen molar-refractivity contribution in [3.05, 3.63) is 20.8 Å². The number of nitrogens with one attached hydrogen (secondary N) is 1. The van der Waals surface area contributed by atoms with Gasteiger partial charge >= 0.3 is 0 Å². The number of carbonyl (C=O) groups excluding carboxylic acids is 1. The summed E-state index contributed by atoms with van der Waals surface area (Å²) in [5.74, 6) is 0.239. The van der Waals surface area contributed by atoms with Crippen LogP contribution in [0.3, 0.4) is 0 Å². The summed E-state index contributed by atoms with van der Waals surface area (Å²) in [5, 5.41) is 5.31. The van der Waals surface area contributed by atoms with Gasteiger partial charge in [-0.2, -0.15) is 0 Å². The number of piperazine rings is 1. The van der Waals surface area contributed by atoms with E-state index >= 15 is 0 Å². The van der Waals surface area contributed by atoms with Gasteiger partial charge in [0.25, 0.3) is 0 Å². The molecule has 1 amide bonds. The number of hydrogen-bond donors (Lipinski definition) is 1. The van der Waals surface area contributed by atoms with Crippen molar-refractivity contribution in [3.63, 3.8) is 0 Å². The van der Waals surface area contributed by atoms with Crippen LogP contribution in [0.2, 0.25) is 0 Å². The summed E-state index contributed by atoms with van der Waals surface area (Å²) >= 11 is 5.04. The van der Waals surface area contributed by atoms with E-state index in [1.54, 1.807) is 11.3 Å². The van der Waals surface area contributed by atoms with Crippen LogP contribution >= 0.6 is 27.3 Å². The summed E-state index contributed by atoms with van der Waals surface area (Å²) in [6.07, 6.45) is 0.528. The van der Waals surface area contributed by atoms with Gasteiger partial charge in [-0.1, -0.05) is 0 Å². The van der Waals surface area contributed by atoms with Gasteiger partial charge in [0.2, 0.25) is 5.91 Å². The Bertz CT molecular complexity index is 380. The van der Waals surface area contributed by atoms with Crippen LogP contribution < -0.4 is 5.32 Å². The summed E-state index contributed by atoms with van der Waals surface area (Å²) < 4.78 is 1.06. The standard InChI is InChI=1S/C11H15BrN2OS/c1-8-6-13-2-3-14(8)11(15)5-10-4-9(12)7-16-10/h4,7-8,13H,2-3,5-6H2,1H3. The zero-order chi connectivity index (χ0) is 11.5. The van der Waals surface area contributed by atoms with E-state index in [2.05, 4.69) is 28.2 Å². The number of amides is 1. The third kappa shape index (κ3) is 2.84. The van der Waals surface area contributed by atoms with Crippen molar-refractivity contribution in [3.8, 4) is 0 Å². The molecule has 1 fully saturated rings. The SMILES string of the molecule is CC1CNCCN1C(=O)Cc1cc(Br)cs1. The largest absolute Gasteiger partial charge is 0.337 e. The molecule has 1 N–H and O–H groups in total. The predicted molar refractivity (Wildman–Crippen MR) is 69.8 cm³/mol. The Morgan fingerprint density at radius 3 is 3.19 bits per heavy atom. The first-order chi connectivity index (χ1) is 7.66. The maximum Gasteiger partial charge on any atom is 0.228 e. The monoisotopic (exact) mass is 302 g/mol. The molecule has 1 aliphatic rings. The molecular formula is C11H15BrN2OS. The van der Waals surface area contributed by atoms with Crippen LogP contribution in [0.1, 0.15) is 11.8 Å². The molecule has 1 aromatic rings. The van der Waals surface area contributed by atoms with Crippen LogP contribution in [0.15, 0.2) is 15.9 Å². The maximum atomic E-state index is 12.1. The lowest BCUT2D eigenvalue weighted by atomic mass is 10.2. The zero-order valence-electron chi connectivity index (χ0n) is 9.20. The molecule has 1 aromatic heterocycles. The van der Waals surface area contributed by atoms with Gasteiger partial charge in [0.15, 0.2) is 0 Å². The summed E-state index contributed by atoms with van der Waals surface area (Å²) in [7, 11) is 0. The number of nitrogens with zero attached hydrogens (tertiary/aromatic N) is 1. The molecule has 0 radical (unpaired) electrons. The fourth-order valence-electron chi connectivity index (χ4n) is 1.91. The minimum atomic E-state index is 0.239. The van der Waals surface area contributed by atoms with E-state index in [0.717, 1.165) is 29.0 Å². The molecule has 0 bridgehead atoms. The lowest BCUT2D eigenvalue weighted by Gasteiger charge is -2.34. The molecule has 16 heavy (non-hydrogen) atoms. The lowest BCUT2D eigenvalue weighted by Crippen LogP contribution is -2.52. The lowest BCUT2D eigenvalue weighted by molar-refractivity contribution is -0.133. The molecule has 2 rings (SSSR count). The third-order valence-corrected chi connectivity index (χ3v) is 4.47. The molecule has 0 aromatic carbocycles. The van der Waals surface area contributed by atoms with Crippen molar-refractivity contribution < 1.29 is 4.79 Å². The summed E-state index contributed by atoms with van der Waals surface area (Å²) in [4.78, 5) is 15.2. The topological polar surface area (TPSA) is 32.3 Å². The van der Waals surface area contributed by atoms with Gasteiger partial charge in [-0.05, 0) is 28.9 Å². The average Bonchev–Trinajstić information content (AvgIpc) is 2.64. The molecule has 5 heteroatoms. The van der Waals surface area contributed by atoms with E-state index in [4.69, 9.17) is 0 Å². The van der Waals surface area contributed by atoms with Crippen LogP contribution in [0.4, 0.5) is 0 Å². The van der Waals surface area contributed by atoms with Crippen molar-refractivity contribution in [1.82, 2.24) is 10.2 Å². The molecule has 1 atom stereocenters. The highest BCUT2D eigenvalue weighted by molar-refractivity contribution is 9.10. The Hall–Kier alpha value is -0.390. The average molecular weight is 303 g/mol. The van der Waals surface area contributed by atoms with Gasteiger partial charge in [-0.15, -0.1) is 11.3 Å². The van der Waals surface area contributed by atoms with Crippen molar-refractivity contribution in [2.24, 2.45) is 0 Å². The third-order valence-electron chi connectivity index (χ3n) is 2.77. The van der Waals surface area contributed by atoms with Crippen LogP contribution in [0, 0.1) is 0 Å². The van der Waals surface area contributed by atoms with Crippen LogP contribution in [-0.2, 0) is 11.2 Å². The molecule has 88 valence electrons. The minimum absolute atomic E-state index is 0.239. The van der Waals surface area contributed by atoms with Gasteiger partial charge < -0.3 is 10.2 Å². The highest BCUT2D eigenvalue weighted by Crippen LogP contribution is 2.21. The highest BCUT2D eigenvalue weighted by Gasteiger charge is 2.23. The van der Waals surface area contributed by atoms with E-state index in [9.17, 15) is 4.79 Å². The number of hydrogen-bond acceptors (Lipinski definition) is 3. The Morgan fingerprint density at radius 2 is 2.56 bits per heavy atom. The Labute approximate surface area is 108 Å². The smallest absolute Gasteiger partial charge is 0.228 e. The second-order valence-electron chi connectivity index (χ2n) is 4.05. The van der Waals surface area contributed by atoms with E-state index in [-0.39, 0.29) is 5.91 Å². The highest BCUT2D eigenvalue weighted by atomic mass is 79.9. The molecule has 1 aliphatic heterocycles. The molecule has 2 heterocycles. The maximum absolute atomic E-state index is 12.1. The Balaban J connectivity index is 1.96. The molecule has 0 aliphatic carbocycles. The van der Waals surface area contributed by atoms with Crippen LogP contribution in [0.5, 0.6) is 0 Å². The van der Waals surface area contributed by atoms with E-state index < -0.39 is 0 Å². The number of halogens is 1. The van der Waals surface area contributed by atoms with Crippen molar-refractivity contribution in [1.29, 1.82) is 0 Å². The molecular weight excluding hydrogens is 288 g/mol. The van der Waals surface area contributed by atoms with E-state index in [1.165, 1.54) is 0 Å². The van der Waals surface area contributed by atoms with Crippen LogP contribution in [-0.4, -0.2) is 36.5 Å². The number of rotatable bonds is 2. The molecule has 0 spiro atoms. The molecule has 3 nitrogen and oxygen atoms in total. The second kappa shape index (κ2) is 5.29. The quantitative estimate of drug-likeness (QED) is 0.905. The molecule has 0 saturated carbocycles. The fraction of sp³-hybridized carbons (Fsp3) is 0.545. The first-order valence-electron chi connectivity index (χ1n) is 5.40. The van der Waals surface area contributed by atoms with Crippen molar-refractivity contribution in [2.75, 3.05) is 19.6 Å². The second-order valence-corrected chi connectivity index (χ2v) is 5.96. The number of thiophene rings is 1. The van der Waals surface area contributed by atoms with Gasteiger partial charge in [0.1, 0.15) is 0 Å². The Morgan fingerprint density at radius 1 is 1.75 bits per heavy atom. The van der Waals surface area contributed by atoms with Crippen molar-refractivity contribution in [2.45, 2.75) is 19.4 Å². The molecule has 1 saturated heterocycles. The number of carbonyl (C=O) groups is 1. The molecule has 1 unspecified atom stereocenters. The van der Waals surface area contributed by atoms with Gasteiger partial charge in [-0.25, -0.2) is 0 Å². The van der Waals surface area contributed by atoms with Gasteiger partial charge in [0.05, 0.1) is 6.42 Å². The fourth-order valence-corrected chi connectivity index (χ4v) is 3.35. The normalized spacial score (nSPS) is 21.1. The first-order valence-corrected chi connectivity index (χ1v) is 7.07. The first kappa shape index (κ1) is 12.1. The predicted octanol–water partition coefficient (Wildman–Crippen LogP) is 1.87. The minimum Gasteiger partial charge on any atom is -0.337 e. The van der Waals surface area contributed by atoms with Crippen molar-refractivity contribution >= 4 is 33.2 Å². The zero-order valence-corrected chi connectivity index (χ0v) is 11.6. The summed E-state index contributed by atoms with van der Waals surface area (Å²) in [6.45, 7) is 4.73. The van der Waals surface area contributed by atoms with E-state index in [1.807, 2.05) is 16.3 Å². The summed E-state index contributed by atoms with van der Waals surface area (Å²) in [6, 6.07) is 2.33. The summed E-state index contributed by atoms with van der Waals surface area (Å²) in [5.41, 5.74) is 0. The van der Waals surface area contributed by atoms with Crippen LogP contribution in [0.25, 0.3) is 0 Å². The van der Waals surface area contributed by atoms with Gasteiger partial charge in [0, 0.05) is 40.4 Å². The Kier molecular flexibility index (Phi) is 4.00. The van der Waals surface area contributed by atoms with Gasteiger partial charge in [-0.3, -0.25) is 4.79 Å².